The molecule has 37 heavy (non-hydrogen) atoms. The summed E-state index contributed by atoms with van der Waals surface area (Å²) < 4.78 is 12.3. The van der Waals surface area contributed by atoms with Gasteiger partial charge in [-0.25, -0.2) is 4.79 Å². The predicted molar refractivity (Wildman–Crippen MR) is 139 cm³/mol. The third-order valence-electron chi connectivity index (χ3n) is 5.29. The number of hydrogen-bond donors (Lipinski definition) is 2. The molecule has 2 amide bonds. The molecule has 4 aromatic rings. The Morgan fingerprint density at radius 3 is 2.46 bits per heavy atom. The van der Waals surface area contributed by atoms with Gasteiger partial charge in [-0.3, -0.25) is 14.7 Å². The first kappa shape index (κ1) is 25.5. The van der Waals surface area contributed by atoms with E-state index in [2.05, 4.69) is 20.8 Å². The lowest BCUT2D eigenvalue weighted by atomic mass is 10.2. The van der Waals surface area contributed by atoms with Crippen LogP contribution in [0.1, 0.15) is 11.4 Å². The van der Waals surface area contributed by atoms with E-state index in [1.54, 1.807) is 42.0 Å². The summed E-state index contributed by atoms with van der Waals surface area (Å²) in [5.41, 5.74) is 2.19. The smallest absolute Gasteiger partial charge is 0.319 e. The van der Waals surface area contributed by atoms with Gasteiger partial charge < -0.3 is 20.1 Å². The number of nitro groups is 1. The molecule has 190 valence electrons. The van der Waals surface area contributed by atoms with Gasteiger partial charge in [0, 0.05) is 29.6 Å². The second-order valence-electron chi connectivity index (χ2n) is 7.66. The van der Waals surface area contributed by atoms with E-state index in [-0.39, 0.29) is 12.2 Å². The summed E-state index contributed by atoms with van der Waals surface area (Å²) in [6, 6.07) is 20.6. The Bertz CT molecular complexity index is 1380. The molecule has 0 saturated carbocycles. The Morgan fingerprint density at radius 2 is 1.78 bits per heavy atom. The van der Waals surface area contributed by atoms with Crippen molar-refractivity contribution in [2.45, 2.75) is 17.5 Å². The van der Waals surface area contributed by atoms with Gasteiger partial charge >= 0.3 is 6.03 Å². The van der Waals surface area contributed by atoms with E-state index in [4.69, 9.17) is 9.47 Å². The first-order valence-corrected chi connectivity index (χ1v) is 12.1. The van der Waals surface area contributed by atoms with Crippen molar-refractivity contribution in [3.05, 3.63) is 94.3 Å². The maximum atomic E-state index is 12.6. The molecule has 4 rings (SSSR count). The number of hydrogen-bond acceptors (Lipinski definition) is 8. The molecule has 0 atom stereocenters. The highest BCUT2D eigenvalue weighted by Gasteiger charge is 2.17. The van der Waals surface area contributed by atoms with Gasteiger partial charge in [-0.2, -0.15) is 0 Å². The van der Waals surface area contributed by atoms with Gasteiger partial charge in [0.05, 0.1) is 31.4 Å². The van der Waals surface area contributed by atoms with Crippen molar-refractivity contribution in [1.29, 1.82) is 0 Å². The third kappa shape index (κ3) is 6.35. The van der Waals surface area contributed by atoms with E-state index >= 15 is 0 Å². The van der Waals surface area contributed by atoms with E-state index in [1.165, 1.54) is 31.0 Å². The number of amides is 2. The Labute approximate surface area is 217 Å². The molecule has 3 aromatic carbocycles. The van der Waals surface area contributed by atoms with E-state index in [9.17, 15) is 14.9 Å². The average molecular weight is 521 g/mol. The van der Waals surface area contributed by atoms with Gasteiger partial charge in [-0.1, -0.05) is 42.1 Å². The summed E-state index contributed by atoms with van der Waals surface area (Å²) in [7, 11) is 3.04. The zero-order valence-corrected chi connectivity index (χ0v) is 20.9. The lowest BCUT2D eigenvalue weighted by Gasteiger charge is -2.13. The lowest BCUT2D eigenvalue weighted by molar-refractivity contribution is -0.384. The third-order valence-corrected chi connectivity index (χ3v) is 6.29. The van der Waals surface area contributed by atoms with E-state index in [0.717, 1.165) is 5.56 Å². The van der Waals surface area contributed by atoms with Crippen LogP contribution in [0.2, 0.25) is 0 Å². The average Bonchev–Trinajstić information content (AvgIpc) is 3.34. The normalized spacial score (nSPS) is 10.5. The number of urea groups is 1. The predicted octanol–water partition coefficient (Wildman–Crippen LogP) is 4.81. The molecule has 0 radical (unpaired) electrons. The molecule has 1 heterocycles. The Morgan fingerprint density at radius 1 is 1.03 bits per heavy atom. The summed E-state index contributed by atoms with van der Waals surface area (Å²) in [5.74, 6) is 2.15. The van der Waals surface area contributed by atoms with Crippen LogP contribution in [0.5, 0.6) is 11.5 Å². The van der Waals surface area contributed by atoms with Crippen molar-refractivity contribution >= 4 is 29.2 Å². The van der Waals surface area contributed by atoms with Crippen LogP contribution in [-0.4, -0.2) is 39.9 Å². The molecule has 0 aliphatic carbocycles. The van der Waals surface area contributed by atoms with Gasteiger partial charge in [-0.05, 0) is 29.8 Å². The van der Waals surface area contributed by atoms with Crippen molar-refractivity contribution < 1.29 is 19.2 Å². The van der Waals surface area contributed by atoms with Crippen molar-refractivity contribution in [3.63, 3.8) is 0 Å². The molecule has 2 N–H and O–H groups in total. The highest BCUT2D eigenvalue weighted by molar-refractivity contribution is 7.98. The number of ether oxygens (including phenoxy) is 2. The van der Waals surface area contributed by atoms with Crippen LogP contribution < -0.4 is 20.1 Å². The largest absolute Gasteiger partial charge is 0.497 e. The standard InChI is InChI=1S/C25H24N6O5S/c1-35-20-12-13-21(22(14-20)36-2)27-24(32)26-15-23-28-29-25(37-16-17-6-4-3-5-7-17)30(23)18-8-10-19(11-9-18)31(33)34/h3-14H,15-16H2,1-2H3,(H2,26,27,32). The first-order valence-electron chi connectivity index (χ1n) is 11.1. The van der Waals surface area contributed by atoms with Crippen molar-refractivity contribution in [3.8, 4) is 17.2 Å². The summed E-state index contributed by atoms with van der Waals surface area (Å²) in [5, 5.41) is 25.8. The quantitative estimate of drug-likeness (QED) is 0.173. The number of thioether (sulfide) groups is 1. The monoisotopic (exact) mass is 520 g/mol. The molecule has 1 aromatic heterocycles. The zero-order chi connectivity index (χ0) is 26.2. The molecule has 11 nitrogen and oxygen atoms in total. The Hall–Kier alpha value is -4.58. The summed E-state index contributed by atoms with van der Waals surface area (Å²) in [6.07, 6.45) is 0. The number of anilines is 1. The van der Waals surface area contributed by atoms with Gasteiger partial charge in [0.15, 0.2) is 11.0 Å². The molecule has 0 fully saturated rings. The van der Waals surface area contributed by atoms with Gasteiger partial charge in [0.25, 0.3) is 5.69 Å². The van der Waals surface area contributed by atoms with E-state index < -0.39 is 11.0 Å². The fourth-order valence-corrected chi connectivity index (χ4v) is 4.37. The minimum absolute atomic E-state index is 0.0252. The zero-order valence-electron chi connectivity index (χ0n) is 20.1. The Balaban J connectivity index is 1.53. The second-order valence-corrected chi connectivity index (χ2v) is 8.60. The molecule has 0 aliphatic rings. The van der Waals surface area contributed by atoms with Crippen LogP contribution in [0.3, 0.4) is 0 Å². The number of nitro benzene ring substituents is 1. The van der Waals surface area contributed by atoms with Crippen molar-refractivity contribution in [2.24, 2.45) is 0 Å². The number of carbonyl (C=O) groups excluding carboxylic acids is 1. The van der Waals surface area contributed by atoms with Crippen LogP contribution >= 0.6 is 11.8 Å². The number of methoxy groups -OCH3 is 2. The Kier molecular flexibility index (Phi) is 8.21. The van der Waals surface area contributed by atoms with E-state index in [0.29, 0.717) is 39.6 Å². The van der Waals surface area contributed by atoms with Crippen LogP contribution in [0.4, 0.5) is 16.2 Å². The highest BCUT2D eigenvalue weighted by Crippen LogP contribution is 2.29. The maximum Gasteiger partial charge on any atom is 0.319 e. The van der Waals surface area contributed by atoms with Gasteiger partial charge in [0.2, 0.25) is 0 Å². The molecular weight excluding hydrogens is 496 g/mol. The van der Waals surface area contributed by atoms with Crippen LogP contribution in [0.25, 0.3) is 5.69 Å². The molecule has 0 aliphatic heterocycles. The van der Waals surface area contributed by atoms with Gasteiger partial charge in [0.1, 0.15) is 11.5 Å². The van der Waals surface area contributed by atoms with Crippen LogP contribution in [0, 0.1) is 10.1 Å². The highest BCUT2D eigenvalue weighted by atomic mass is 32.2. The minimum atomic E-state index is -0.472. The van der Waals surface area contributed by atoms with Crippen molar-refractivity contribution in [2.75, 3.05) is 19.5 Å². The van der Waals surface area contributed by atoms with Crippen molar-refractivity contribution in [1.82, 2.24) is 20.1 Å². The molecule has 0 bridgehead atoms. The second kappa shape index (κ2) is 11.9. The van der Waals surface area contributed by atoms with Crippen LogP contribution in [0.15, 0.2) is 78.0 Å². The van der Waals surface area contributed by atoms with Gasteiger partial charge in [-0.15, -0.1) is 10.2 Å². The number of aromatic nitrogens is 3. The fourth-order valence-electron chi connectivity index (χ4n) is 3.44. The number of rotatable bonds is 10. The molecule has 0 unspecified atom stereocenters. The number of non-ortho nitro benzene ring substituents is 1. The summed E-state index contributed by atoms with van der Waals surface area (Å²) >= 11 is 1.47. The molecule has 0 saturated heterocycles. The van der Waals surface area contributed by atoms with Crippen LogP contribution in [-0.2, 0) is 12.3 Å². The maximum absolute atomic E-state index is 12.6. The number of benzene rings is 3. The fraction of sp³-hybridized carbons (Fsp3) is 0.160. The topological polar surface area (TPSA) is 133 Å². The number of nitrogens with one attached hydrogen (secondary N) is 2. The summed E-state index contributed by atoms with van der Waals surface area (Å²) in [6.45, 7) is 0.0557. The summed E-state index contributed by atoms with van der Waals surface area (Å²) in [4.78, 5) is 23.3. The van der Waals surface area contributed by atoms with E-state index in [1.807, 2.05) is 30.3 Å². The molecule has 12 heteroatoms. The minimum Gasteiger partial charge on any atom is -0.497 e. The molecular formula is C25H24N6O5S. The number of nitrogens with zero attached hydrogens (tertiary/aromatic N) is 4. The SMILES string of the molecule is COc1ccc(NC(=O)NCc2nnc(SCc3ccccc3)n2-c2ccc([N+](=O)[O-])cc2)c(OC)c1. The molecule has 0 spiro atoms. The lowest BCUT2D eigenvalue weighted by Crippen LogP contribution is -2.29. The number of carbonyl (C=O) groups is 1. The first-order chi connectivity index (χ1) is 18.0.